The molecule has 0 spiro atoms. The number of carbonyl (C=O) groups excluding carboxylic acids is 1. The molecule has 194 valence electrons. The molecule has 1 fully saturated rings. The Morgan fingerprint density at radius 2 is 1.97 bits per heavy atom. The molecule has 4 rings (SSSR count). The highest BCUT2D eigenvalue weighted by Gasteiger charge is 2.19. The Labute approximate surface area is 219 Å². The molecule has 0 radical (unpaired) electrons. The number of rotatable bonds is 9. The summed E-state index contributed by atoms with van der Waals surface area (Å²) in [7, 11) is 1.99. The second-order valence-corrected chi connectivity index (χ2v) is 10.4. The lowest BCUT2D eigenvalue weighted by Crippen LogP contribution is -2.36. The van der Waals surface area contributed by atoms with Gasteiger partial charge in [0.2, 0.25) is 5.91 Å². The molecule has 37 heavy (non-hydrogen) atoms. The normalized spacial score (nSPS) is 14.8. The van der Waals surface area contributed by atoms with E-state index in [9.17, 15) is 10.1 Å². The van der Waals surface area contributed by atoms with Crippen molar-refractivity contribution in [1.82, 2.24) is 20.3 Å². The summed E-state index contributed by atoms with van der Waals surface area (Å²) in [6.07, 6.45) is 11.9. The maximum Gasteiger partial charge on any atom is 0.223 e. The minimum atomic E-state index is -0.111. The van der Waals surface area contributed by atoms with Gasteiger partial charge in [-0.05, 0) is 51.3 Å². The van der Waals surface area contributed by atoms with Crippen LogP contribution in [0.1, 0.15) is 64.9 Å². The van der Waals surface area contributed by atoms with Gasteiger partial charge in [0, 0.05) is 66.5 Å². The number of amides is 1. The summed E-state index contributed by atoms with van der Waals surface area (Å²) in [6, 6.07) is 8.70. The molecule has 8 heteroatoms. The first-order chi connectivity index (χ1) is 17.9. The second-order valence-electron chi connectivity index (χ2n) is 10.4. The first kappa shape index (κ1) is 26.3. The molecule has 1 unspecified atom stereocenters. The van der Waals surface area contributed by atoms with E-state index >= 15 is 0 Å². The average Bonchev–Trinajstić information content (AvgIpc) is 2.91. The number of anilines is 2. The Morgan fingerprint density at radius 3 is 2.70 bits per heavy atom. The number of pyridine rings is 3. The molecule has 1 atom stereocenters. The molecule has 0 bridgehead atoms. The van der Waals surface area contributed by atoms with Gasteiger partial charge < -0.3 is 15.5 Å². The van der Waals surface area contributed by atoms with Crippen molar-refractivity contribution in [3.05, 3.63) is 42.4 Å². The van der Waals surface area contributed by atoms with Crippen LogP contribution in [0.5, 0.6) is 0 Å². The van der Waals surface area contributed by atoms with Gasteiger partial charge in [0.25, 0.3) is 0 Å². The monoisotopic (exact) mass is 499 g/mol. The zero-order valence-electron chi connectivity index (χ0n) is 22.3. The van der Waals surface area contributed by atoms with Crippen molar-refractivity contribution < 1.29 is 4.79 Å². The summed E-state index contributed by atoms with van der Waals surface area (Å²) >= 11 is 0. The Bertz CT molecular complexity index is 1280. The first-order valence-electron chi connectivity index (χ1n) is 13.3. The third-order valence-electron chi connectivity index (χ3n) is 7.01. The number of hydrogen-bond acceptors (Lipinski definition) is 7. The van der Waals surface area contributed by atoms with E-state index in [1.54, 1.807) is 12.4 Å². The Hall–Kier alpha value is -3.73. The molecule has 1 amide bonds. The van der Waals surface area contributed by atoms with E-state index in [0.29, 0.717) is 30.3 Å². The van der Waals surface area contributed by atoms with Crippen molar-refractivity contribution in [1.29, 1.82) is 5.26 Å². The van der Waals surface area contributed by atoms with Crippen LogP contribution in [0.15, 0.2) is 36.8 Å². The highest BCUT2D eigenvalue weighted by molar-refractivity contribution is 5.94. The number of carbonyl (C=O) groups is 1. The number of nitriles is 1. The lowest BCUT2D eigenvalue weighted by Gasteiger charge is -2.24. The van der Waals surface area contributed by atoms with Crippen LogP contribution >= 0.6 is 0 Å². The quantitative estimate of drug-likeness (QED) is 0.412. The third kappa shape index (κ3) is 6.53. The van der Waals surface area contributed by atoms with E-state index in [4.69, 9.17) is 4.98 Å². The summed E-state index contributed by atoms with van der Waals surface area (Å²) in [5.74, 6) is 1.52. The van der Waals surface area contributed by atoms with Gasteiger partial charge in [-0.25, -0.2) is 9.97 Å². The number of fused-ring (bicyclic) bond motifs is 1. The summed E-state index contributed by atoms with van der Waals surface area (Å²) in [5.41, 5.74) is 1.94. The predicted octanol–water partition coefficient (Wildman–Crippen LogP) is 5.30. The highest BCUT2D eigenvalue weighted by atomic mass is 16.1. The van der Waals surface area contributed by atoms with Crippen LogP contribution in [0.4, 0.5) is 11.6 Å². The summed E-state index contributed by atoms with van der Waals surface area (Å²) < 4.78 is 0. The van der Waals surface area contributed by atoms with E-state index in [0.717, 1.165) is 40.8 Å². The number of nitrogens with one attached hydrogen (secondary N) is 2. The molecule has 0 aliphatic heterocycles. The van der Waals surface area contributed by atoms with Gasteiger partial charge in [0.1, 0.15) is 17.7 Å². The standard InChI is InChI=1S/C29H37N7O/c1-19(2)33-29(37)20(3)11-13-36(4)28-24-10-12-31-17-21(24)14-26(35-28)25-15-27(32-18-22(25)16-30)34-23-8-6-5-7-9-23/h10,12,14-15,17-20,23H,5-9,11,13H2,1-4H3,(H,32,34)(H,33,37). The SMILES string of the molecule is CC(C)NC(=O)C(C)CCN(C)c1nc(-c2cc(NC3CCCCC3)ncc2C#N)cc2cnccc12. The molecule has 1 aliphatic carbocycles. The van der Waals surface area contributed by atoms with E-state index < -0.39 is 0 Å². The summed E-state index contributed by atoms with van der Waals surface area (Å²) in [4.78, 5) is 28.4. The largest absolute Gasteiger partial charge is 0.367 e. The maximum absolute atomic E-state index is 12.4. The van der Waals surface area contributed by atoms with Gasteiger partial charge >= 0.3 is 0 Å². The van der Waals surface area contributed by atoms with Gasteiger partial charge in [-0.1, -0.05) is 26.2 Å². The predicted molar refractivity (Wildman–Crippen MR) is 148 cm³/mol. The van der Waals surface area contributed by atoms with Crippen LogP contribution in [0.2, 0.25) is 0 Å². The van der Waals surface area contributed by atoms with E-state index in [-0.39, 0.29) is 17.9 Å². The smallest absolute Gasteiger partial charge is 0.223 e. The van der Waals surface area contributed by atoms with Crippen molar-refractivity contribution >= 4 is 28.3 Å². The van der Waals surface area contributed by atoms with Crippen LogP contribution < -0.4 is 15.5 Å². The molecule has 3 heterocycles. The highest BCUT2D eigenvalue weighted by Crippen LogP contribution is 2.32. The molecule has 3 aromatic heterocycles. The zero-order valence-corrected chi connectivity index (χ0v) is 22.3. The van der Waals surface area contributed by atoms with Gasteiger partial charge in [0.05, 0.1) is 11.3 Å². The topological polar surface area (TPSA) is 107 Å². The summed E-state index contributed by atoms with van der Waals surface area (Å²) in [5, 5.41) is 18.3. The molecule has 8 nitrogen and oxygen atoms in total. The van der Waals surface area contributed by atoms with Crippen molar-refractivity contribution in [2.75, 3.05) is 23.8 Å². The van der Waals surface area contributed by atoms with Crippen LogP contribution in [0.25, 0.3) is 22.0 Å². The maximum atomic E-state index is 12.4. The second kappa shape index (κ2) is 12.0. The fraction of sp³-hybridized carbons (Fsp3) is 0.483. The lowest BCUT2D eigenvalue weighted by molar-refractivity contribution is -0.125. The average molecular weight is 500 g/mol. The fourth-order valence-electron chi connectivity index (χ4n) is 4.85. The molecule has 0 saturated heterocycles. The third-order valence-corrected chi connectivity index (χ3v) is 7.01. The minimum Gasteiger partial charge on any atom is -0.367 e. The first-order valence-corrected chi connectivity index (χ1v) is 13.3. The van der Waals surface area contributed by atoms with E-state index in [1.165, 1.54) is 19.3 Å². The summed E-state index contributed by atoms with van der Waals surface area (Å²) in [6.45, 7) is 6.55. The van der Waals surface area contributed by atoms with Gasteiger partial charge in [-0.3, -0.25) is 9.78 Å². The number of nitrogens with zero attached hydrogens (tertiary/aromatic N) is 5. The van der Waals surface area contributed by atoms with Gasteiger partial charge in [0.15, 0.2) is 0 Å². The number of hydrogen-bond donors (Lipinski definition) is 2. The van der Waals surface area contributed by atoms with E-state index in [2.05, 4.69) is 31.6 Å². The molecule has 3 aromatic rings. The van der Waals surface area contributed by atoms with Crippen LogP contribution in [0.3, 0.4) is 0 Å². The molecule has 1 aliphatic rings. The Balaban J connectivity index is 1.64. The molecule has 2 N–H and O–H groups in total. The molecular weight excluding hydrogens is 462 g/mol. The van der Waals surface area contributed by atoms with Crippen LogP contribution in [0, 0.1) is 17.2 Å². The van der Waals surface area contributed by atoms with Crippen molar-refractivity contribution in [2.24, 2.45) is 5.92 Å². The minimum absolute atomic E-state index is 0.0626. The molecule has 1 saturated carbocycles. The van der Waals surface area contributed by atoms with Crippen molar-refractivity contribution in [3.63, 3.8) is 0 Å². The van der Waals surface area contributed by atoms with Crippen molar-refractivity contribution in [2.45, 2.75) is 71.4 Å². The van der Waals surface area contributed by atoms with Crippen LogP contribution in [-0.2, 0) is 4.79 Å². The van der Waals surface area contributed by atoms with Gasteiger partial charge in [-0.15, -0.1) is 0 Å². The van der Waals surface area contributed by atoms with E-state index in [1.807, 2.05) is 52.2 Å². The van der Waals surface area contributed by atoms with Crippen LogP contribution in [-0.4, -0.2) is 46.5 Å². The number of aromatic nitrogens is 3. The Morgan fingerprint density at radius 1 is 1.19 bits per heavy atom. The van der Waals surface area contributed by atoms with Gasteiger partial charge in [-0.2, -0.15) is 5.26 Å². The Kier molecular flexibility index (Phi) is 8.54. The van der Waals surface area contributed by atoms with Crippen molar-refractivity contribution in [3.8, 4) is 17.3 Å². The lowest BCUT2D eigenvalue weighted by atomic mass is 9.95. The molecule has 0 aromatic carbocycles. The fourth-order valence-corrected chi connectivity index (χ4v) is 4.85. The zero-order chi connectivity index (χ0) is 26.4. The molecular formula is C29H37N7O.